The molecule has 0 spiro atoms. The van der Waals surface area contributed by atoms with E-state index in [2.05, 4.69) is 5.32 Å². The number of hydrogen-bond donors (Lipinski definition) is 2. The third kappa shape index (κ3) is 5.52. The average Bonchev–Trinajstić information content (AvgIpc) is 3.39. The number of para-hydroxylation sites is 1. The van der Waals surface area contributed by atoms with Gasteiger partial charge in [-0.1, -0.05) is 60.7 Å². The molecule has 34 heavy (non-hydrogen) atoms. The van der Waals surface area contributed by atoms with Crippen molar-refractivity contribution < 1.29 is 18.8 Å². The van der Waals surface area contributed by atoms with Gasteiger partial charge < -0.3 is 15.2 Å². The Morgan fingerprint density at radius 3 is 2.47 bits per heavy atom. The van der Waals surface area contributed by atoms with Crippen molar-refractivity contribution >= 4 is 28.7 Å². The first-order valence-electron chi connectivity index (χ1n) is 11.1. The third-order valence-electron chi connectivity index (χ3n) is 5.70. The number of aliphatic hydroxyl groups is 1. The zero-order valence-electron chi connectivity index (χ0n) is 18.9. The summed E-state index contributed by atoms with van der Waals surface area (Å²) in [6, 6.07) is 24.7. The molecule has 3 atom stereocenters. The molecule has 1 aliphatic rings. The van der Waals surface area contributed by atoms with Gasteiger partial charge in [0.05, 0.1) is 18.0 Å². The molecule has 178 valence electrons. The molecule has 3 aromatic carbocycles. The molecule has 3 unspecified atom stereocenters. The van der Waals surface area contributed by atoms with Gasteiger partial charge in [-0.25, -0.2) is 4.21 Å². The van der Waals surface area contributed by atoms with Crippen molar-refractivity contribution in [3.63, 3.8) is 0 Å². The van der Waals surface area contributed by atoms with Crippen molar-refractivity contribution in [3.05, 3.63) is 84.4 Å². The van der Waals surface area contributed by atoms with E-state index in [-0.39, 0.29) is 12.5 Å². The van der Waals surface area contributed by atoms with Crippen LogP contribution in [0.2, 0.25) is 0 Å². The monoisotopic (exact) mass is 496 g/mol. The molecule has 1 aliphatic heterocycles. The smallest absolute Gasteiger partial charge is 0.249 e. The van der Waals surface area contributed by atoms with Crippen LogP contribution in [0.4, 0.5) is 0 Å². The molecule has 0 saturated carbocycles. The van der Waals surface area contributed by atoms with E-state index >= 15 is 0 Å². The molecular weight excluding hydrogens is 468 g/mol. The minimum atomic E-state index is -1.47. The number of aliphatic hydroxyl groups excluding tert-OH is 1. The van der Waals surface area contributed by atoms with Crippen LogP contribution in [0.3, 0.4) is 0 Å². The molecule has 8 heteroatoms. The van der Waals surface area contributed by atoms with Gasteiger partial charge in [0.1, 0.15) is 22.1 Å². The lowest BCUT2D eigenvalue weighted by atomic mass is 10.0. The molecule has 4 rings (SSSR count). The van der Waals surface area contributed by atoms with Crippen LogP contribution in [0.1, 0.15) is 18.0 Å². The number of amides is 1. The maximum Gasteiger partial charge on any atom is 0.249 e. The third-order valence-corrected chi connectivity index (χ3v) is 8.53. The molecule has 6 nitrogen and oxygen atoms in total. The summed E-state index contributed by atoms with van der Waals surface area (Å²) >= 11 is 1.47. The highest BCUT2D eigenvalue weighted by molar-refractivity contribution is 8.01. The Kier molecular flexibility index (Phi) is 8.39. The highest BCUT2D eigenvalue weighted by Gasteiger charge is 2.37. The number of methoxy groups -OCH3 is 1. The van der Waals surface area contributed by atoms with Gasteiger partial charge in [-0.2, -0.15) is 4.31 Å². The van der Waals surface area contributed by atoms with E-state index in [4.69, 9.17) is 4.74 Å². The summed E-state index contributed by atoms with van der Waals surface area (Å²) in [5.41, 5.74) is 2.95. The Morgan fingerprint density at radius 2 is 1.76 bits per heavy atom. The van der Waals surface area contributed by atoms with Gasteiger partial charge in [-0.05, 0) is 35.7 Å². The zero-order valence-corrected chi connectivity index (χ0v) is 20.6. The fourth-order valence-electron chi connectivity index (χ4n) is 3.99. The molecule has 0 bridgehead atoms. The number of hydrogen-bond acceptors (Lipinski definition) is 5. The topological polar surface area (TPSA) is 78.9 Å². The van der Waals surface area contributed by atoms with Crippen LogP contribution in [0, 0.1) is 0 Å². The summed E-state index contributed by atoms with van der Waals surface area (Å²) in [6.45, 7) is 0.472. The molecule has 0 radical (unpaired) electrons. The number of nitrogens with one attached hydrogen (secondary N) is 1. The first-order valence-corrected chi connectivity index (χ1v) is 13.3. The van der Waals surface area contributed by atoms with E-state index in [0.717, 1.165) is 16.7 Å². The Bertz CT molecular complexity index is 1130. The van der Waals surface area contributed by atoms with Crippen molar-refractivity contribution in [2.45, 2.75) is 22.7 Å². The van der Waals surface area contributed by atoms with E-state index in [1.807, 2.05) is 78.9 Å². The number of benzene rings is 3. The molecule has 1 heterocycles. The molecule has 3 aromatic rings. The predicted molar refractivity (Wildman–Crippen MR) is 137 cm³/mol. The van der Waals surface area contributed by atoms with Crippen molar-refractivity contribution in [2.75, 3.05) is 26.0 Å². The van der Waals surface area contributed by atoms with Crippen LogP contribution in [0.25, 0.3) is 11.1 Å². The number of rotatable bonds is 9. The van der Waals surface area contributed by atoms with Crippen LogP contribution in [-0.4, -0.2) is 50.9 Å². The Balaban J connectivity index is 1.48. The molecule has 1 amide bonds. The Hall–Kier alpha value is -2.65. The summed E-state index contributed by atoms with van der Waals surface area (Å²) in [7, 11) is 0.115. The van der Waals surface area contributed by atoms with Gasteiger partial charge in [-0.3, -0.25) is 4.79 Å². The van der Waals surface area contributed by atoms with E-state index in [1.54, 1.807) is 11.4 Å². The van der Waals surface area contributed by atoms with Gasteiger partial charge >= 0.3 is 0 Å². The largest absolute Gasteiger partial charge is 0.496 e. The Morgan fingerprint density at radius 1 is 1.09 bits per heavy atom. The number of thioether (sulfide) groups is 1. The van der Waals surface area contributed by atoms with Crippen molar-refractivity contribution in [3.8, 4) is 16.9 Å². The van der Waals surface area contributed by atoms with E-state index in [1.165, 1.54) is 11.8 Å². The lowest BCUT2D eigenvalue weighted by Gasteiger charge is -2.26. The second-order valence-electron chi connectivity index (χ2n) is 7.82. The van der Waals surface area contributed by atoms with Gasteiger partial charge in [0.2, 0.25) is 5.91 Å². The van der Waals surface area contributed by atoms with Gasteiger partial charge in [0, 0.05) is 24.5 Å². The van der Waals surface area contributed by atoms with Gasteiger partial charge in [0.15, 0.2) is 0 Å². The standard InChI is InChI=1S/C26H28N2O4S2/c1-32-24-10-6-5-9-22(24)23(15-17-29)27-25(30)26-28(16-18-33-26)34(31)21-13-11-20(12-14-21)19-7-3-2-4-8-19/h2-14,23,26,29H,15-18H2,1H3,(H,27,30). The molecule has 1 fully saturated rings. The first-order chi connectivity index (χ1) is 16.6. The number of carbonyl (C=O) groups excluding carboxylic acids is 1. The number of ether oxygens (including phenoxy) is 1. The maximum absolute atomic E-state index is 13.4. The Labute approximate surface area is 206 Å². The summed E-state index contributed by atoms with van der Waals surface area (Å²) in [5, 5.41) is 12.0. The van der Waals surface area contributed by atoms with Crippen molar-refractivity contribution in [1.29, 1.82) is 0 Å². The zero-order chi connectivity index (χ0) is 23.9. The molecule has 0 aliphatic carbocycles. The lowest BCUT2D eigenvalue weighted by Crippen LogP contribution is -2.44. The summed E-state index contributed by atoms with van der Waals surface area (Å²) in [5.74, 6) is 1.14. The highest BCUT2D eigenvalue weighted by atomic mass is 32.2. The van der Waals surface area contributed by atoms with E-state index in [9.17, 15) is 14.1 Å². The fraction of sp³-hybridized carbons (Fsp3) is 0.269. The fourth-order valence-corrected chi connectivity index (χ4v) is 6.71. The summed E-state index contributed by atoms with van der Waals surface area (Å²) < 4.78 is 20.5. The number of nitrogens with zero attached hydrogens (tertiary/aromatic N) is 1. The second-order valence-corrected chi connectivity index (χ2v) is 10.4. The SMILES string of the molecule is COc1ccccc1C(CCO)NC(=O)C1SCCN1S(=O)c1ccc(-c2ccccc2)cc1. The van der Waals surface area contributed by atoms with E-state index in [0.29, 0.717) is 29.4 Å². The van der Waals surface area contributed by atoms with Crippen LogP contribution < -0.4 is 10.1 Å². The highest BCUT2D eigenvalue weighted by Crippen LogP contribution is 2.31. The average molecular weight is 497 g/mol. The second kappa shape index (κ2) is 11.7. The lowest BCUT2D eigenvalue weighted by molar-refractivity contribution is -0.122. The summed E-state index contributed by atoms with van der Waals surface area (Å²) in [6.07, 6.45) is 0.355. The minimum Gasteiger partial charge on any atom is -0.496 e. The summed E-state index contributed by atoms with van der Waals surface area (Å²) in [4.78, 5) is 13.9. The first kappa shape index (κ1) is 24.5. The van der Waals surface area contributed by atoms with Crippen LogP contribution >= 0.6 is 11.8 Å². The van der Waals surface area contributed by atoms with Crippen molar-refractivity contribution in [1.82, 2.24) is 9.62 Å². The maximum atomic E-state index is 13.4. The van der Waals surface area contributed by atoms with Crippen LogP contribution in [0.5, 0.6) is 5.75 Å². The number of carbonyl (C=O) groups is 1. The van der Waals surface area contributed by atoms with Crippen molar-refractivity contribution in [2.24, 2.45) is 0 Å². The molecule has 0 aromatic heterocycles. The normalized spacial score (nSPS) is 17.8. The minimum absolute atomic E-state index is 0.0792. The van der Waals surface area contributed by atoms with Gasteiger partial charge in [-0.15, -0.1) is 11.8 Å². The molecular formula is C26H28N2O4S2. The van der Waals surface area contributed by atoms with Crippen LogP contribution in [0.15, 0.2) is 83.8 Å². The van der Waals surface area contributed by atoms with Gasteiger partial charge in [0.25, 0.3) is 0 Å². The molecule has 2 N–H and O–H groups in total. The quantitative estimate of drug-likeness (QED) is 0.468. The van der Waals surface area contributed by atoms with E-state index < -0.39 is 22.4 Å². The molecule has 1 saturated heterocycles. The predicted octanol–water partition coefficient (Wildman–Crippen LogP) is 4.00. The van der Waals surface area contributed by atoms with Crippen LogP contribution in [-0.2, 0) is 15.8 Å².